The van der Waals surface area contributed by atoms with E-state index >= 15 is 0 Å². The highest BCUT2D eigenvalue weighted by Crippen LogP contribution is 2.28. The van der Waals surface area contributed by atoms with Crippen molar-refractivity contribution in [3.63, 3.8) is 0 Å². The number of anilines is 1. The summed E-state index contributed by atoms with van der Waals surface area (Å²) in [6, 6.07) is 3.86. The van der Waals surface area contributed by atoms with Crippen LogP contribution in [-0.4, -0.2) is 45.9 Å². The van der Waals surface area contributed by atoms with E-state index in [-0.39, 0.29) is 5.92 Å². The Morgan fingerprint density at radius 1 is 1.31 bits per heavy atom. The number of nitrogens with one attached hydrogen (secondary N) is 1. The van der Waals surface area contributed by atoms with Gasteiger partial charge in [0.15, 0.2) is 0 Å². The highest BCUT2D eigenvalue weighted by molar-refractivity contribution is 5.90. The van der Waals surface area contributed by atoms with Gasteiger partial charge in [-0.1, -0.05) is 13.8 Å². The summed E-state index contributed by atoms with van der Waals surface area (Å²) in [5.41, 5.74) is 3.09. The molecule has 8 heteroatoms. The van der Waals surface area contributed by atoms with Crippen LogP contribution in [0.2, 0.25) is 0 Å². The van der Waals surface area contributed by atoms with Crippen LogP contribution in [-0.2, 0) is 22.3 Å². The molecule has 1 aliphatic heterocycles. The normalized spacial score (nSPS) is 16.3. The minimum atomic E-state index is -0.551. The number of methoxy groups -OCH3 is 1. The second kappa shape index (κ2) is 8.16. The van der Waals surface area contributed by atoms with Crippen molar-refractivity contribution in [1.29, 1.82) is 0 Å². The molecule has 1 amide bonds. The molecule has 0 saturated carbocycles. The van der Waals surface area contributed by atoms with Crippen molar-refractivity contribution < 1.29 is 14.3 Å². The standard InChI is InChI=1S/C21H25N5O3/c1-4-13-11-26(17-9-18(22-10-16(13)17)24-21(27)28-3)19-8-15(5-2)23-20(25-19)14-6-7-29-12-14/h8-11,14H,4-7,12H2,1-3H3,(H,22,24,27). The third-order valence-electron chi connectivity index (χ3n) is 5.26. The molecule has 1 atom stereocenters. The minimum Gasteiger partial charge on any atom is -0.453 e. The molecular weight excluding hydrogens is 370 g/mol. The molecule has 0 radical (unpaired) electrons. The molecular formula is C21H25N5O3. The largest absolute Gasteiger partial charge is 0.453 e. The summed E-state index contributed by atoms with van der Waals surface area (Å²) in [6.45, 7) is 5.61. The smallest absolute Gasteiger partial charge is 0.412 e. The first kappa shape index (κ1) is 19.3. The number of carbonyl (C=O) groups excluding carboxylic acids is 1. The molecule has 0 spiro atoms. The predicted octanol–water partition coefficient (Wildman–Crippen LogP) is 3.62. The van der Waals surface area contributed by atoms with Crippen LogP contribution in [0.3, 0.4) is 0 Å². The van der Waals surface area contributed by atoms with Crippen LogP contribution in [0.15, 0.2) is 24.5 Å². The van der Waals surface area contributed by atoms with Crippen LogP contribution in [0.5, 0.6) is 0 Å². The number of hydrogen-bond acceptors (Lipinski definition) is 6. The molecule has 1 unspecified atom stereocenters. The van der Waals surface area contributed by atoms with Gasteiger partial charge in [0, 0.05) is 48.1 Å². The summed E-state index contributed by atoms with van der Waals surface area (Å²) in [5, 5.41) is 3.67. The van der Waals surface area contributed by atoms with E-state index in [1.54, 1.807) is 6.20 Å². The molecule has 1 aliphatic rings. The van der Waals surface area contributed by atoms with Crippen LogP contribution >= 0.6 is 0 Å². The van der Waals surface area contributed by atoms with Crippen LogP contribution in [0.1, 0.15) is 43.3 Å². The predicted molar refractivity (Wildman–Crippen MR) is 110 cm³/mol. The molecule has 0 bridgehead atoms. The van der Waals surface area contributed by atoms with Gasteiger partial charge in [0.05, 0.1) is 19.2 Å². The number of amides is 1. The fraction of sp³-hybridized carbons (Fsp3) is 0.429. The first-order chi connectivity index (χ1) is 14.1. The number of carbonyl (C=O) groups is 1. The van der Waals surface area contributed by atoms with E-state index in [9.17, 15) is 4.79 Å². The second-order valence-electron chi connectivity index (χ2n) is 7.07. The van der Waals surface area contributed by atoms with Crippen LogP contribution in [0, 0.1) is 0 Å². The van der Waals surface area contributed by atoms with Crippen molar-refractivity contribution in [1.82, 2.24) is 19.5 Å². The number of aromatic nitrogens is 4. The molecule has 0 aliphatic carbocycles. The fourth-order valence-electron chi connectivity index (χ4n) is 3.61. The summed E-state index contributed by atoms with van der Waals surface area (Å²) in [4.78, 5) is 25.6. The van der Waals surface area contributed by atoms with Gasteiger partial charge in [-0.05, 0) is 24.8 Å². The first-order valence-electron chi connectivity index (χ1n) is 9.93. The van der Waals surface area contributed by atoms with Crippen LogP contribution < -0.4 is 5.32 Å². The summed E-state index contributed by atoms with van der Waals surface area (Å²) in [5.74, 6) is 2.31. The lowest BCUT2D eigenvalue weighted by Crippen LogP contribution is -2.12. The average molecular weight is 395 g/mol. The van der Waals surface area contributed by atoms with E-state index in [1.165, 1.54) is 12.7 Å². The SMILES string of the molecule is CCc1cc(-n2cc(CC)c3cnc(NC(=O)OC)cc32)nc(C2CCOC2)n1. The quantitative estimate of drug-likeness (QED) is 0.709. The Bertz CT molecular complexity index is 1040. The van der Waals surface area contributed by atoms with Crippen molar-refractivity contribution in [2.75, 3.05) is 25.6 Å². The third kappa shape index (κ3) is 3.80. The topological polar surface area (TPSA) is 91.2 Å². The number of hydrogen-bond donors (Lipinski definition) is 1. The van der Waals surface area contributed by atoms with E-state index in [1.807, 2.05) is 12.1 Å². The Balaban J connectivity index is 1.84. The minimum absolute atomic E-state index is 0.228. The molecule has 152 valence electrons. The highest BCUT2D eigenvalue weighted by Gasteiger charge is 2.22. The van der Waals surface area contributed by atoms with E-state index in [2.05, 4.69) is 39.6 Å². The number of rotatable bonds is 5. The van der Waals surface area contributed by atoms with Gasteiger partial charge in [-0.3, -0.25) is 5.32 Å². The number of fused-ring (bicyclic) bond motifs is 1. The summed E-state index contributed by atoms with van der Waals surface area (Å²) in [7, 11) is 1.33. The molecule has 1 N–H and O–H groups in total. The van der Waals surface area contributed by atoms with Gasteiger partial charge in [0.2, 0.25) is 0 Å². The molecule has 3 aromatic heterocycles. The monoisotopic (exact) mass is 395 g/mol. The van der Waals surface area contributed by atoms with Crippen molar-refractivity contribution in [3.8, 4) is 5.82 Å². The highest BCUT2D eigenvalue weighted by atomic mass is 16.5. The maximum absolute atomic E-state index is 11.6. The maximum Gasteiger partial charge on any atom is 0.412 e. The lowest BCUT2D eigenvalue weighted by Gasteiger charge is -2.12. The van der Waals surface area contributed by atoms with Gasteiger partial charge in [0.25, 0.3) is 0 Å². The number of nitrogens with zero attached hydrogens (tertiary/aromatic N) is 4. The Hall–Kier alpha value is -3.00. The van der Waals surface area contributed by atoms with Crippen molar-refractivity contribution in [3.05, 3.63) is 41.6 Å². The molecule has 8 nitrogen and oxygen atoms in total. The maximum atomic E-state index is 11.6. The molecule has 1 fully saturated rings. The van der Waals surface area contributed by atoms with Gasteiger partial charge < -0.3 is 14.0 Å². The zero-order valence-corrected chi connectivity index (χ0v) is 16.9. The zero-order valence-electron chi connectivity index (χ0n) is 16.9. The van der Waals surface area contributed by atoms with Gasteiger partial charge in [0.1, 0.15) is 17.5 Å². The van der Waals surface area contributed by atoms with Gasteiger partial charge in [-0.25, -0.2) is 19.7 Å². The third-order valence-corrected chi connectivity index (χ3v) is 5.26. The van der Waals surface area contributed by atoms with Crippen LogP contribution in [0.25, 0.3) is 16.7 Å². The Morgan fingerprint density at radius 3 is 2.86 bits per heavy atom. The second-order valence-corrected chi connectivity index (χ2v) is 7.07. The summed E-state index contributed by atoms with van der Waals surface area (Å²) >= 11 is 0. The molecule has 4 heterocycles. The van der Waals surface area contributed by atoms with E-state index in [4.69, 9.17) is 14.7 Å². The average Bonchev–Trinajstić information content (AvgIpc) is 3.41. The van der Waals surface area contributed by atoms with Crippen LogP contribution in [0.4, 0.5) is 10.6 Å². The number of aryl methyl sites for hydroxylation is 2. The zero-order chi connectivity index (χ0) is 20.4. The Kier molecular flexibility index (Phi) is 5.44. The molecule has 3 aromatic rings. The van der Waals surface area contributed by atoms with Crippen molar-refractivity contribution in [2.45, 2.75) is 39.0 Å². The first-order valence-corrected chi connectivity index (χ1v) is 9.93. The Labute approximate surface area is 169 Å². The van der Waals surface area contributed by atoms with Crippen molar-refractivity contribution in [2.24, 2.45) is 0 Å². The van der Waals surface area contributed by atoms with Crippen molar-refractivity contribution >= 4 is 22.8 Å². The van der Waals surface area contributed by atoms with Gasteiger partial charge in [-0.15, -0.1) is 0 Å². The van der Waals surface area contributed by atoms with E-state index in [0.29, 0.717) is 12.4 Å². The number of pyridine rings is 1. The molecule has 29 heavy (non-hydrogen) atoms. The summed E-state index contributed by atoms with van der Waals surface area (Å²) in [6.07, 6.45) is 5.95. The lowest BCUT2D eigenvalue weighted by molar-refractivity contribution is 0.187. The Morgan fingerprint density at radius 2 is 2.17 bits per heavy atom. The lowest BCUT2D eigenvalue weighted by atomic mass is 10.1. The molecule has 0 aromatic carbocycles. The van der Waals surface area contributed by atoms with E-state index < -0.39 is 6.09 Å². The summed E-state index contributed by atoms with van der Waals surface area (Å²) < 4.78 is 12.3. The van der Waals surface area contributed by atoms with Gasteiger partial charge >= 0.3 is 6.09 Å². The number of ether oxygens (including phenoxy) is 2. The molecule has 4 rings (SSSR count). The van der Waals surface area contributed by atoms with E-state index in [0.717, 1.165) is 54.1 Å². The molecule has 1 saturated heterocycles. The fourth-order valence-corrected chi connectivity index (χ4v) is 3.61. The van der Waals surface area contributed by atoms with Gasteiger partial charge in [-0.2, -0.15) is 0 Å².